The Hall–Kier alpha value is -1.44. The first-order valence-electron chi connectivity index (χ1n) is 10.0. The molecule has 2 fully saturated rings. The van der Waals surface area contributed by atoms with Gasteiger partial charge in [-0.15, -0.1) is 0 Å². The highest BCUT2D eigenvalue weighted by Crippen LogP contribution is 2.35. The van der Waals surface area contributed by atoms with Crippen molar-refractivity contribution in [1.82, 2.24) is 14.5 Å². The molecule has 1 amide bonds. The lowest BCUT2D eigenvalue weighted by atomic mass is 9.93. The molecular weight excluding hydrogens is 362 g/mol. The molecule has 1 aromatic rings. The van der Waals surface area contributed by atoms with Gasteiger partial charge in [0.2, 0.25) is 10.0 Å². The van der Waals surface area contributed by atoms with E-state index in [1.54, 1.807) is 4.31 Å². The fourth-order valence-electron chi connectivity index (χ4n) is 4.40. The average molecular weight is 394 g/mol. The molecule has 1 aromatic carbocycles. The number of nitrogens with one attached hydrogen (secondary N) is 1. The molecule has 3 rings (SSSR count). The maximum atomic E-state index is 12.5. The van der Waals surface area contributed by atoms with E-state index >= 15 is 0 Å². The van der Waals surface area contributed by atoms with E-state index in [0.29, 0.717) is 31.6 Å². The number of carbonyl (C=O) groups is 1. The highest BCUT2D eigenvalue weighted by atomic mass is 32.2. The Morgan fingerprint density at radius 1 is 1.07 bits per heavy atom. The number of nitrogens with zero attached hydrogens (tertiary/aromatic N) is 2. The number of benzene rings is 1. The summed E-state index contributed by atoms with van der Waals surface area (Å²) in [5.74, 6) is 0.191. The van der Waals surface area contributed by atoms with Gasteiger partial charge in [-0.25, -0.2) is 8.42 Å². The normalized spacial score (nSPS) is 21.2. The molecule has 0 atom stereocenters. The fraction of sp³-hybridized carbons (Fsp3) is 0.650. The van der Waals surface area contributed by atoms with Crippen LogP contribution < -0.4 is 5.32 Å². The molecule has 7 heteroatoms. The maximum Gasteiger partial charge on any atom is 0.251 e. The summed E-state index contributed by atoms with van der Waals surface area (Å²) in [5.41, 5.74) is 0.645. The van der Waals surface area contributed by atoms with Gasteiger partial charge in [0.05, 0.1) is 5.75 Å². The molecule has 2 aliphatic rings. The molecule has 1 heterocycles. The Bertz CT molecular complexity index is 722. The minimum Gasteiger partial charge on any atom is -0.350 e. The predicted octanol–water partition coefficient (Wildman–Crippen LogP) is 2.09. The van der Waals surface area contributed by atoms with Crippen molar-refractivity contribution in [1.29, 1.82) is 0 Å². The Morgan fingerprint density at radius 3 is 2.30 bits per heavy atom. The van der Waals surface area contributed by atoms with Gasteiger partial charge >= 0.3 is 0 Å². The van der Waals surface area contributed by atoms with Crippen LogP contribution in [0.15, 0.2) is 30.3 Å². The quantitative estimate of drug-likeness (QED) is 0.770. The second-order valence-corrected chi connectivity index (χ2v) is 9.77. The van der Waals surface area contributed by atoms with Crippen LogP contribution in [-0.4, -0.2) is 67.5 Å². The first-order chi connectivity index (χ1) is 13.0. The zero-order valence-electron chi connectivity index (χ0n) is 16.2. The highest BCUT2D eigenvalue weighted by molar-refractivity contribution is 7.89. The summed E-state index contributed by atoms with van der Waals surface area (Å²) < 4.78 is 26.3. The third-order valence-corrected chi connectivity index (χ3v) is 7.99. The van der Waals surface area contributed by atoms with E-state index in [-0.39, 0.29) is 17.2 Å². The van der Waals surface area contributed by atoms with Gasteiger partial charge in [0.25, 0.3) is 5.91 Å². The van der Waals surface area contributed by atoms with Crippen molar-refractivity contribution in [2.45, 2.75) is 44.6 Å². The van der Waals surface area contributed by atoms with Gasteiger partial charge < -0.3 is 5.32 Å². The van der Waals surface area contributed by atoms with Crippen LogP contribution >= 0.6 is 0 Å². The summed E-state index contributed by atoms with van der Waals surface area (Å²) in [7, 11) is -3.12. The number of piperazine rings is 1. The Balaban J connectivity index is 1.61. The molecule has 0 aromatic heterocycles. The van der Waals surface area contributed by atoms with E-state index in [1.807, 2.05) is 37.3 Å². The van der Waals surface area contributed by atoms with Crippen molar-refractivity contribution >= 4 is 15.9 Å². The van der Waals surface area contributed by atoms with Crippen molar-refractivity contribution in [2.75, 3.05) is 38.5 Å². The second kappa shape index (κ2) is 8.71. The van der Waals surface area contributed by atoms with Gasteiger partial charge in [0, 0.05) is 43.8 Å². The third-order valence-electron chi connectivity index (χ3n) is 5.91. The molecule has 150 valence electrons. The summed E-state index contributed by atoms with van der Waals surface area (Å²) in [5, 5.41) is 3.13. The van der Waals surface area contributed by atoms with Crippen molar-refractivity contribution < 1.29 is 13.2 Å². The van der Waals surface area contributed by atoms with Crippen molar-refractivity contribution in [3.05, 3.63) is 35.9 Å². The van der Waals surface area contributed by atoms with Crippen LogP contribution in [0.4, 0.5) is 0 Å². The van der Waals surface area contributed by atoms with Gasteiger partial charge in [-0.2, -0.15) is 4.31 Å². The topological polar surface area (TPSA) is 69.7 Å². The minimum atomic E-state index is -3.12. The number of rotatable bonds is 7. The zero-order chi connectivity index (χ0) is 19.3. The molecule has 0 unspecified atom stereocenters. The summed E-state index contributed by atoms with van der Waals surface area (Å²) in [6.07, 6.45) is 5.09. The SMILES string of the molecule is CCCS(=O)(=O)N1CCN(C2(CNC(=O)c3ccccc3)CCCC2)CC1. The molecule has 1 aliphatic heterocycles. The van der Waals surface area contributed by atoms with E-state index in [4.69, 9.17) is 0 Å². The van der Waals surface area contributed by atoms with Crippen molar-refractivity contribution in [3.8, 4) is 0 Å². The summed E-state index contributed by atoms with van der Waals surface area (Å²) in [4.78, 5) is 14.9. The first kappa shape index (κ1) is 20.3. The van der Waals surface area contributed by atoms with Crippen molar-refractivity contribution in [2.24, 2.45) is 0 Å². The van der Waals surface area contributed by atoms with Gasteiger partial charge in [-0.3, -0.25) is 9.69 Å². The third kappa shape index (κ3) is 4.70. The average Bonchev–Trinajstić information content (AvgIpc) is 3.17. The van der Waals surface area contributed by atoms with E-state index < -0.39 is 10.0 Å². The summed E-state index contributed by atoms with van der Waals surface area (Å²) in [6.45, 7) is 5.11. The molecular formula is C20H31N3O3S. The Morgan fingerprint density at radius 2 is 1.70 bits per heavy atom. The van der Waals surface area contributed by atoms with Gasteiger partial charge in [-0.05, 0) is 31.4 Å². The van der Waals surface area contributed by atoms with Crippen LogP contribution in [0, 0.1) is 0 Å². The van der Waals surface area contributed by atoms with Gasteiger partial charge in [-0.1, -0.05) is 38.0 Å². The number of carbonyl (C=O) groups excluding carboxylic acids is 1. The lowest BCUT2D eigenvalue weighted by Gasteiger charge is -2.45. The second-order valence-electron chi connectivity index (χ2n) is 7.68. The number of amides is 1. The lowest BCUT2D eigenvalue weighted by molar-refractivity contribution is 0.0540. The number of sulfonamides is 1. The number of hydrogen-bond donors (Lipinski definition) is 1. The molecule has 1 saturated heterocycles. The van der Waals surface area contributed by atoms with E-state index in [1.165, 1.54) is 0 Å². The first-order valence-corrected chi connectivity index (χ1v) is 11.6. The highest BCUT2D eigenvalue weighted by Gasteiger charge is 2.42. The standard InChI is InChI=1S/C20H31N3O3S/c1-2-16-27(25,26)23-14-12-22(13-15-23)20(10-6-7-11-20)17-21-19(24)18-8-4-3-5-9-18/h3-5,8-9H,2,6-7,10-17H2,1H3,(H,21,24). The summed E-state index contributed by atoms with van der Waals surface area (Å²) >= 11 is 0. The lowest BCUT2D eigenvalue weighted by Crippen LogP contribution is -2.60. The van der Waals surface area contributed by atoms with Gasteiger partial charge in [0.15, 0.2) is 0 Å². The summed E-state index contributed by atoms with van der Waals surface area (Å²) in [6, 6.07) is 9.30. The minimum absolute atomic E-state index is 0.0361. The predicted molar refractivity (Wildman–Crippen MR) is 107 cm³/mol. The fourth-order valence-corrected chi connectivity index (χ4v) is 5.90. The van der Waals surface area contributed by atoms with Crippen LogP contribution in [0.1, 0.15) is 49.4 Å². The monoisotopic (exact) mass is 393 g/mol. The number of hydrogen-bond acceptors (Lipinski definition) is 4. The zero-order valence-corrected chi connectivity index (χ0v) is 17.0. The van der Waals surface area contributed by atoms with Crippen LogP contribution in [0.2, 0.25) is 0 Å². The van der Waals surface area contributed by atoms with E-state index in [2.05, 4.69) is 10.2 Å². The van der Waals surface area contributed by atoms with Crippen LogP contribution in [0.3, 0.4) is 0 Å². The van der Waals surface area contributed by atoms with Crippen LogP contribution in [0.25, 0.3) is 0 Å². The van der Waals surface area contributed by atoms with Crippen LogP contribution in [0.5, 0.6) is 0 Å². The maximum absolute atomic E-state index is 12.5. The molecule has 27 heavy (non-hydrogen) atoms. The molecule has 1 saturated carbocycles. The Kier molecular flexibility index (Phi) is 6.55. The molecule has 0 radical (unpaired) electrons. The van der Waals surface area contributed by atoms with E-state index in [9.17, 15) is 13.2 Å². The van der Waals surface area contributed by atoms with Gasteiger partial charge in [0.1, 0.15) is 0 Å². The smallest absolute Gasteiger partial charge is 0.251 e. The Labute approximate surface area is 163 Å². The van der Waals surface area contributed by atoms with Crippen LogP contribution in [-0.2, 0) is 10.0 Å². The molecule has 1 N–H and O–H groups in total. The molecule has 1 aliphatic carbocycles. The molecule has 6 nitrogen and oxygen atoms in total. The molecule has 0 spiro atoms. The van der Waals surface area contributed by atoms with Crippen molar-refractivity contribution in [3.63, 3.8) is 0 Å². The van der Waals surface area contributed by atoms with E-state index in [0.717, 1.165) is 38.8 Å². The molecule has 0 bridgehead atoms. The largest absolute Gasteiger partial charge is 0.350 e.